The Hall–Kier alpha value is -2.05. The maximum absolute atomic E-state index is 6.05. The van der Waals surface area contributed by atoms with Gasteiger partial charge in [0.15, 0.2) is 10.9 Å². The van der Waals surface area contributed by atoms with Crippen molar-refractivity contribution in [2.24, 2.45) is 0 Å². The molecular formula is C17H22ClN5O. The first-order chi connectivity index (χ1) is 11.5. The predicted molar refractivity (Wildman–Crippen MR) is 98.1 cm³/mol. The van der Waals surface area contributed by atoms with E-state index >= 15 is 0 Å². The number of anilines is 3. The van der Waals surface area contributed by atoms with E-state index in [4.69, 9.17) is 16.3 Å². The Kier molecular flexibility index (Phi) is 4.78. The number of halogens is 1. The first-order valence-corrected chi connectivity index (χ1v) is 8.28. The molecule has 128 valence electrons. The molecule has 0 saturated carbocycles. The molecule has 0 saturated heterocycles. The van der Waals surface area contributed by atoms with Crippen LogP contribution in [0, 0.1) is 0 Å². The summed E-state index contributed by atoms with van der Waals surface area (Å²) in [5.74, 6) is 1.28. The van der Waals surface area contributed by atoms with Gasteiger partial charge in [-0.15, -0.1) is 10.2 Å². The number of aromatic nitrogens is 2. The van der Waals surface area contributed by atoms with Crippen LogP contribution in [0.2, 0.25) is 5.15 Å². The van der Waals surface area contributed by atoms with Gasteiger partial charge in [-0.05, 0) is 39.2 Å². The average molecular weight is 348 g/mol. The van der Waals surface area contributed by atoms with Crippen molar-refractivity contribution in [3.8, 4) is 11.6 Å². The van der Waals surface area contributed by atoms with Crippen LogP contribution in [0.15, 0.2) is 24.3 Å². The molecule has 1 aliphatic heterocycles. The molecule has 0 bridgehead atoms. The summed E-state index contributed by atoms with van der Waals surface area (Å²) in [5, 5.41) is 8.39. The molecule has 0 radical (unpaired) electrons. The second kappa shape index (κ2) is 6.83. The molecule has 0 spiro atoms. The quantitative estimate of drug-likeness (QED) is 0.826. The van der Waals surface area contributed by atoms with Crippen LogP contribution >= 0.6 is 11.6 Å². The minimum atomic E-state index is 0.364. The summed E-state index contributed by atoms with van der Waals surface area (Å²) in [7, 11) is 8.17. The van der Waals surface area contributed by atoms with Gasteiger partial charge in [-0.25, -0.2) is 0 Å². The molecule has 0 atom stereocenters. The normalized spacial score (nSPS) is 12.7. The van der Waals surface area contributed by atoms with Crippen molar-refractivity contribution in [3.63, 3.8) is 0 Å². The minimum Gasteiger partial charge on any atom is -0.434 e. The number of hydrogen-bond acceptors (Lipinski definition) is 6. The Bertz CT molecular complexity index is 735. The number of rotatable bonds is 5. The highest BCUT2D eigenvalue weighted by Gasteiger charge is 2.26. The molecule has 1 aliphatic rings. The van der Waals surface area contributed by atoms with Gasteiger partial charge < -0.3 is 19.4 Å². The molecule has 0 N–H and O–H groups in total. The fourth-order valence-corrected chi connectivity index (χ4v) is 2.86. The molecule has 0 aliphatic carbocycles. The third kappa shape index (κ3) is 3.39. The molecule has 2 heterocycles. The number of ether oxygens (including phenoxy) is 1. The summed E-state index contributed by atoms with van der Waals surface area (Å²) in [6.07, 6.45) is 1.02. The first-order valence-electron chi connectivity index (χ1n) is 7.90. The molecule has 7 heteroatoms. The van der Waals surface area contributed by atoms with Crippen molar-refractivity contribution >= 4 is 28.7 Å². The zero-order valence-corrected chi connectivity index (χ0v) is 15.2. The molecule has 3 rings (SSSR count). The highest BCUT2D eigenvalue weighted by molar-refractivity contribution is 6.29. The summed E-state index contributed by atoms with van der Waals surface area (Å²) in [6.45, 7) is 1.86. The molecule has 1 aromatic heterocycles. The standard InChI is InChI=1S/C17H22ClN5O/c1-21(2)8-5-9-23-13-7-6-12(22(3)4)10-15(13)24-17-14(23)11-16(18)19-20-17/h6-7,10-11H,5,8-9H2,1-4H3. The van der Waals surface area contributed by atoms with Crippen molar-refractivity contribution in [1.82, 2.24) is 15.1 Å². The van der Waals surface area contributed by atoms with Crippen molar-refractivity contribution < 1.29 is 4.74 Å². The van der Waals surface area contributed by atoms with E-state index in [9.17, 15) is 0 Å². The fraction of sp³-hybridized carbons (Fsp3) is 0.412. The van der Waals surface area contributed by atoms with Gasteiger partial charge in [-0.2, -0.15) is 0 Å². The molecule has 1 aromatic carbocycles. The highest BCUT2D eigenvalue weighted by atomic mass is 35.5. The van der Waals surface area contributed by atoms with E-state index in [2.05, 4.69) is 46.2 Å². The summed E-state index contributed by atoms with van der Waals surface area (Å²) in [5.41, 5.74) is 2.96. The van der Waals surface area contributed by atoms with E-state index in [1.807, 2.05) is 31.1 Å². The summed E-state index contributed by atoms with van der Waals surface area (Å²) >= 11 is 6.05. The van der Waals surface area contributed by atoms with Crippen molar-refractivity contribution in [2.75, 3.05) is 51.1 Å². The Morgan fingerprint density at radius 3 is 2.58 bits per heavy atom. The third-order valence-electron chi connectivity index (χ3n) is 3.95. The largest absolute Gasteiger partial charge is 0.434 e. The maximum Gasteiger partial charge on any atom is 0.263 e. The van der Waals surface area contributed by atoms with Crippen LogP contribution in [-0.4, -0.2) is 56.4 Å². The minimum absolute atomic E-state index is 0.364. The van der Waals surface area contributed by atoms with Gasteiger partial charge in [-0.1, -0.05) is 11.6 Å². The average Bonchev–Trinajstić information content (AvgIpc) is 2.53. The predicted octanol–water partition coefficient (Wildman–Crippen LogP) is 3.39. The van der Waals surface area contributed by atoms with Gasteiger partial charge in [0.25, 0.3) is 5.88 Å². The van der Waals surface area contributed by atoms with Crippen LogP contribution in [0.5, 0.6) is 11.6 Å². The lowest BCUT2D eigenvalue weighted by atomic mass is 10.1. The second-order valence-corrected chi connectivity index (χ2v) is 6.70. The summed E-state index contributed by atoms with van der Waals surface area (Å²) < 4.78 is 5.97. The van der Waals surface area contributed by atoms with Crippen molar-refractivity contribution in [2.45, 2.75) is 6.42 Å². The number of nitrogens with zero attached hydrogens (tertiary/aromatic N) is 5. The van der Waals surface area contributed by atoms with Crippen molar-refractivity contribution in [3.05, 3.63) is 29.4 Å². The molecule has 6 nitrogen and oxygen atoms in total. The van der Waals surface area contributed by atoms with Crippen LogP contribution in [0.4, 0.5) is 17.1 Å². The lowest BCUT2D eigenvalue weighted by molar-refractivity contribution is 0.399. The smallest absolute Gasteiger partial charge is 0.263 e. The van der Waals surface area contributed by atoms with Crippen molar-refractivity contribution in [1.29, 1.82) is 0 Å². The van der Waals surface area contributed by atoms with Crippen LogP contribution in [-0.2, 0) is 0 Å². The topological polar surface area (TPSA) is 44.7 Å². The lowest BCUT2D eigenvalue weighted by Crippen LogP contribution is -2.26. The van der Waals surface area contributed by atoms with E-state index in [-0.39, 0.29) is 0 Å². The number of hydrogen-bond donors (Lipinski definition) is 0. The number of fused-ring (bicyclic) bond motifs is 2. The second-order valence-electron chi connectivity index (χ2n) is 6.31. The van der Waals surface area contributed by atoms with E-state index in [1.54, 1.807) is 0 Å². The third-order valence-corrected chi connectivity index (χ3v) is 4.13. The monoisotopic (exact) mass is 347 g/mol. The van der Waals surface area contributed by atoms with Gasteiger partial charge in [0.1, 0.15) is 5.69 Å². The molecule has 24 heavy (non-hydrogen) atoms. The van der Waals surface area contributed by atoms with E-state index in [1.165, 1.54) is 0 Å². The van der Waals surface area contributed by atoms with Crippen LogP contribution in [0.3, 0.4) is 0 Å². The molecule has 0 fully saturated rings. The Morgan fingerprint density at radius 2 is 1.88 bits per heavy atom. The Morgan fingerprint density at radius 1 is 1.08 bits per heavy atom. The summed E-state index contributed by atoms with van der Waals surface area (Å²) in [4.78, 5) is 6.43. The van der Waals surface area contributed by atoms with Gasteiger partial charge in [0.05, 0.1) is 5.69 Å². The van der Waals surface area contributed by atoms with Gasteiger partial charge in [0, 0.05) is 38.5 Å². The maximum atomic E-state index is 6.05. The molecule has 2 aromatic rings. The highest BCUT2D eigenvalue weighted by Crippen LogP contribution is 2.47. The van der Waals surface area contributed by atoms with Crippen LogP contribution in [0.1, 0.15) is 6.42 Å². The van der Waals surface area contributed by atoms with E-state index in [0.29, 0.717) is 11.0 Å². The Balaban J connectivity index is 1.98. The van der Waals surface area contributed by atoms with E-state index in [0.717, 1.165) is 42.3 Å². The molecule has 0 unspecified atom stereocenters. The van der Waals surface area contributed by atoms with Gasteiger partial charge >= 0.3 is 0 Å². The Labute approximate surface area is 147 Å². The van der Waals surface area contributed by atoms with Gasteiger partial charge in [0.2, 0.25) is 0 Å². The zero-order valence-electron chi connectivity index (χ0n) is 14.5. The van der Waals surface area contributed by atoms with E-state index < -0.39 is 0 Å². The van der Waals surface area contributed by atoms with Crippen LogP contribution < -0.4 is 14.5 Å². The molecule has 0 amide bonds. The lowest BCUT2D eigenvalue weighted by Gasteiger charge is -2.32. The van der Waals surface area contributed by atoms with Crippen LogP contribution in [0.25, 0.3) is 0 Å². The first kappa shape index (κ1) is 16.8. The zero-order chi connectivity index (χ0) is 17.3. The number of benzene rings is 1. The fourth-order valence-electron chi connectivity index (χ4n) is 2.72. The summed E-state index contributed by atoms with van der Waals surface area (Å²) in [6, 6.07) is 8.00. The SMILES string of the molecule is CN(C)CCCN1c2ccc(N(C)C)cc2Oc2nnc(Cl)cc21. The molecular weight excluding hydrogens is 326 g/mol. The van der Waals surface area contributed by atoms with Gasteiger partial charge in [-0.3, -0.25) is 0 Å².